The largest absolute Gasteiger partial charge is 0.495 e. The molecule has 6 N–H and O–H groups in total. The highest BCUT2D eigenvalue weighted by Gasteiger charge is 2.61. The molecular weight excluding hydrogens is 1110 g/mol. The molecule has 81 heavy (non-hydrogen) atoms. The van der Waals surface area contributed by atoms with E-state index in [4.69, 9.17) is 37.4 Å². The van der Waals surface area contributed by atoms with Crippen LogP contribution in [-0.4, -0.2) is 121 Å². The second-order valence-corrected chi connectivity index (χ2v) is 24.2. The number of carbonyl (C=O) groups is 5. The van der Waals surface area contributed by atoms with Gasteiger partial charge in [-0.25, -0.2) is 13.8 Å². The van der Waals surface area contributed by atoms with E-state index < -0.39 is 100 Å². The summed E-state index contributed by atoms with van der Waals surface area (Å²) in [5.41, 5.74) is 1.72. The minimum Gasteiger partial charge on any atom is -0.495 e. The van der Waals surface area contributed by atoms with Gasteiger partial charge in [0.25, 0.3) is 5.91 Å². The zero-order valence-corrected chi connectivity index (χ0v) is 48.7. The number of nitrogens with zero attached hydrogens (tertiary/aromatic N) is 3. The average Bonchev–Trinajstić information content (AvgIpc) is 4.36. The van der Waals surface area contributed by atoms with Gasteiger partial charge >= 0.3 is 0 Å². The number of hydrogen-bond acceptors (Lipinski definition) is 13. The summed E-state index contributed by atoms with van der Waals surface area (Å²) in [4.78, 5) is 75.2. The molecule has 22 heteroatoms. The van der Waals surface area contributed by atoms with Crippen LogP contribution in [0.3, 0.4) is 0 Å². The van der Waals surface area contributed by atoms with Gasteiger partial charge in [0.1, 0.15) is 41.5 Å². The first-order valence-corrected chi connectivity index (χ1v) is 28.0. The Kier molecular flexibility index (Phi) is 20.3. The summed E-state index contributed by atoms with van der Waals surface area (Å²) in [5, 5.41) is 36.2. The van der Waals surface area contributed by atoms with Crippen LogP contribution in [0, 0.1) is 40.7 Å². The quantitative estimate of drug-likeness (QED) is 0.0382. The highest BCUT2D eigenvalue weighted by Crippen LogP contribution is 2.53. The number of aliphatic hydroxyl groups is 1. The minimum absolute atomic E-state index is 0.00592. The molecule has 0 bridgehead atoms. The summed E-state index contributed by atoms with van der Waals surface area (Å²) in [5.74, 6) is -5.55. The molecule has 2 aliphatic heterocycles. The lowest BCUT2D eigenvalue weighted by atomic mass is 9.62. The van der Waals surface area contributed by atoms with Crippen LogP contribution in [0.2, 0.25) is 10.0 Å². The molecular formula is C59H68Cl2F2N8O9S. The number of amides is 5. The normalized spacial score (nSPS) is 20.3. The van der Waals surface area contributed by atoms with E-state index in [1.807, 2.05) is 52.0 Å². The van der Waals surface area contributed by atoms with Gasteiger partial charge in [-0.05, 0) is 77.3 Å². The van der Waals surface area contributed by atoms with Gasteiger partial charge in [-0.2, -0.15) is 5.26 Å². The Bertz CT molecular complexity index is 3150. The van der Waals surface area contributed by atoms with Crippen molar-refractivity contribution in [3.63, 3.8) is 0 Å². The Balaban J connectivity index is 0.891. The van der Waals surface area contributed by atoms with Gasteiger partial charge in [-0.1, -0.05) is 107 Å². The van der Waals surface area contributed by atoms with Crippen molar-refractivity contribution in [3.8, 4) is 22.3 Å². The van der Waals surface area contributed by atoms with Crippen molar-refractivity contribution in [3.05, 3.63) is 134 Å². The van der Waals surface area contributed by atoms with Crippen LogP contribution in [0.5, 0.6) is 5.75 Å². The molecule has 5 amide bonds. The number of halogens is 4. The maximum Gasteiger partial charge on any atom is 0.251 e. The average molecular weight is 1170 g/mol. The third-order valence-corrected chi connectivity index (χ3v) is 15.8. The van der Waals surface area contributed by atoms with Crippen molar-refractivity contribution in [2.75, 3.05) is 51.9 Å². The van der Waals surface area contributed by atoms with Gasteiger partial charge < -0.3 is 50.8 Å². The molecule has 17 nitrogen and oxygen atoms in total. The predicted molar refractivity (Wildman–Crippen MR) is 305 cm³/mol. The number of β-amino-alcohol motifs (C(OH)–C–C–N with tert-alkyl or cyclic N) is 1. The van der Waals surface area contributed by atoms with E-state index in [-0.39, 0.29) is 90.5 Å². The van der Waals surface area contributed by atoms with Crippen LogP contribution < -0.4 is 31.3 Å². The molecule has 0 spiro atoms. The Morgan fingerprint density at radius 3 is 2.33 bits per heavy atom. The van der Waals surface area contributed by atoms with Crippen LogP contribution in [0.1, 0.15) is 93.0 Å². The molecule has 1 aromatic heterocycles. The number of rotatable bonds is 21. The first-order valence-electron chi connectivity index (χ1n) is 26.4. The monoisotopic (exact) mass is 1170 g/mol. The van der Waals surface area contributed by atoms with Gasteiger partial charge in [-0.3, -0.25) is 24.0 Å². The summed E-state index contributed by atoms with van der Waals surface area (Å²) in [7, 11) is 1.35. The first kappa shape index (κ1) is 62.0. The number of carbonyl (C=O) groups excluding carboxylic acids is 5. The smallest absolute Gasteiger partial charge is 0.251 e. The van der Waals surface area contributed by atoms with Crippen molar-refractivity contribution < 1.29 is 52.1 Å². The van der Waals surface area contributed by atoms with Crippen LogP contribution in [-0.2, 0) is 40.6 Å². The summed E-state index contributed by atoms with van der Waals surface area (Å²) in [6.07, 6.45) is -0.612. The maximum atomic E-state index is 16.2. The van der Waals surface area contributed by atoms with E-state index in [0.717, 1.165) is 27.8 Å². The molecule has 4 aromatic carbocycles. The predicted octanol–water partition coefficient (Wildman–Crippen LogP) is 8.24. The fraction of sp³-hybridized carbons (Fsp3) is 0.441. The Morgan fingerprint density at radius 2 is 1.68 bits per heavy atom. The molecule has 2 saturated heterocycles. The van der Waals surface area contributed by atoms with Gasteiger partial charge in [0, 0.05) is 54.2 Å². The fourth-order valence-electron chi connectivity index (χ4n) is 10.4. The number of likely N-dealkylation sites (tertiary alicyclic amines) is 1. The number of aryl methyl sites for hydroxylation is 1. The second-order valence-electron chi connectivity index (χ2n) is 22.5. The molecule has 3 heterocycles. The lowest BCUT2D eigenvalue weighted by molar-refractivity contribution is -0.144. The third kappa shape index (κ3) is 14.7. The molecule has 0 saturated carbocycles. The lowest BCUT2D eigenvalue weighted by Gasteiger charge is -2.37. The Labute approximate surface area is 484 Å². The third-order valence-electron chi connectivity index (χ3n) is 14.3. The highest BCUT2D eigenvalue weighted by molar-refractivity contribution is 7.13. The molecule has 432 valence electrons. The van der Waals surface area contributed by atoms with Crippen LogP contribution >= 0.6 is 34.5 Å². The van der Waals surface area contributed by atoms with Gasteiger partial charge in [0.15, 0.2) is 0 Å². The van der Waals surface area contributed by atoms with Crippen molar-refractivity contribution in [1.82, 2.24) is 31.2 Å². The number of hydrogen-bond donors (Lipinski definition) is 6. The van der Waals surface area contributed by atoms with E-state index in [1.54, 1.807) is 37.6 Å². The molecule has 5 aromatic rings. The standard InChI is InChI=1S/C59H68Cl2F2N8O9S/c1-33-51(81-32-67-33)35-14-12-34(13-15-35)28-66-54(75)44-26-38(72)29-71(44)56(77)52(58(5,6)7)70-47(73)30-80-23-22-79-21-20-65-53(74)36-16-19-43(45(24-36)78-8)68-55(76)50-48(39-10-9-11-41(61)49(39)63)59(31-64,46(69-50)27-57(2,3)4)40-18-17-37(60)25-42(40)62/h9-19,24-25,32,38,44,46,48,50,52,69,72H,20-23,26-30H2,1-8H3,(H,65,74)(H,66,75)(H,68,76)(H,70,73)/t38-,44+,46?,48?,50?,52-,59?/m1/s1. The highest BCUT2D eigenvalue weighted by atomic mass is 35.5. The zero-order chi connectivity index (χ0) is 59.0. The van der Waals surface area contributed by atoms with Gasteiger partial charge in [-0.15, -0.1) is 11.3 Å². The molecule has 7 atom stereocenters. The molecule has 2 fully saturated rings. The van der Waals surface area contributed by atoms with Crippen LogP contribution in [0.25, 0.3) is 10.4 Å². The number of nitrogens with one attached hydrogen (secondary N) is 5. The van der Waals surface area contributed by atoms with Crippen molar-refractivity contribution in [2.24, 2.45) is 10.8 Å². The maximum absolute atomic E-state index is 16.2. The number of anilines is 1. The fourth-order valence-corrected chi connectivity index (χ4v) is 11.6. The number of thiazole rings is 1. The van der Waals surface area contributed by atoms with E-state index in [1.165, 1.54) is 60.5 Å². The SMILES string of the molecule is COc1cc(C(=O)NCCOCCOCC(=O)N[C@H](C(=O)N2C[C@H](O)C[C@H]2C(=O)NCc2ccc(-c3scnc3C)cc2)C(C)(C)C)ccc1NC(=O)C1NC(CC(C)(C)C)C(C#N)(c2ccc(Cl)cc2F)C1c1cccc(Cl)c1F. The molecule has 0 aliphatic carbocycles. The lowest BCUT2D eigenvalue weighted by Crippen LogP contribution is -2.58. The number of benzene rings is 4. The van der Waals surface area contributed by atoms with Crippen LogP contribution in [0.15, 0.2) is 84.4 Å². The van der Waals surface area contributed by atoms with Crippen molar-refractivity contribution >= 4 is 69.8 Å². The zero-order valence-electron chi connectivity index (χ0n) is 46.4. The molecule has 7 rings (SSSR count). The Hall–Kier alpha value is -6.57. The Morgan fingerprint density at radius 1 is 0.951 bits per heavy atom. The summed E-state index contributed by atoms with van der Waals surface area (Å²) in [6.45, 7) is 13.1. The topological polar surface area (TPSA) is 233 Å². The minimum atomic E-state index is -1.85. The number of aromatic nitrogens is 1. The van der Waals surface area contributed by atoms with Gasteiger partial charge in [0.2, 0.25) is 23.6 Å². The van der Waals surface area contributed by atoms with E-state index in [2.05, 4.69) is 37.6 Å². The van der Waals surface area contributed by atoms with Gasteiger partial charge in [0.05, 0.1) is 71.9 Å². The van der Waals surface area contributed by atoms with Crippen molar-refractivity contribution in [1.29, 1.82) is 5.26 Å². The molecule has 2 aliphatic rings. The van der Waals surface area contributed by atoms with E-state index in [0.29, 0.717) is 0 Å². The van der Waals surface area contributed by atoms with Crippen LogP contribution in [0.4, 0.5) is 14.5 Å². The molecule has 0 radical (unpaired) electrons. The number of ether oxygens (including phenoxy) is 3. The summed E-state index contributed by atoms with van der Waals surface area (Å²) in [6, 6.07) is 18.4. The van der Waals surface area contributed by atoms with Crippen molar-refractivity contribution in [2.45, 2.75) is 109 Å². The first-order chi connectivity index (χ1) is 38.4. The number of methoxy groups -OCH3 is 1. The summed E-state index contributed by atoms with van der Waals surface area (Å²) < 4.78 is 49.1. The number of aliphatic hydroxyl groups excluding tert-OH is 1. The van der Waals surface area contributed by atoms with E-state index in [9.17, 15) is 34.3 Å². The summed E-state index contributed by atoms with van der Waals surface area (Å²) >= 11 is 14.0. The van der Waals surface area contributed by atoms with E-state index >= 15 is 8.78 Å². The second kappa shape index (κ2) is 26.6. The molecule has 4 unspecified atom stereocenters. The number of nitriles is 1.